The van der Waals surface area contributed by atoms with E-state index in [1.807, 2.05) is 6.92 Å². The largest absolute Gasteiger partial charge is 0.416 e. The van der Waals surface area contributed by atoms with E-state index in [9.17, 15) is 27.9 Å². The summed E-state index contributed by atoms with van der Waals surface area (Å²) in [6, 6.07) is 3.73. The van der Waals surface area contributed by atoms with Crippen LogP contribution in [0.5, 0.6) is 0 Å². The van der Waals surface area contributed by atoms with E-state index >= 15 is 0 Å². The number of carbonyl (C=O) groups is 2. The summed E-state index contributed by atoms with van der Waals surface area (Å²) in [6.45, 7) is 3.61. The van der Waals surface area contributed by atoms with Crippen LogP contribution in [0.2, 0.25) is 0 Å². The molecule has 1 rings (SSSR count). The summed E-state index contributed by atoms with van der Waals surface area (Å²) in [5, 5.41) is 14.2. The Morgan fingerprint density at radius 1 is 1.17 bits per heavy atom. The molecule has 1 aromatic rings. The highest BCUT2D eigenvalue weighted by Gasteiger charge is 2.30. The normalized spacial score (nSPS) is 14.0. The topological polar surface area (TPSA) is 78.4 Å². The van der Waals surface area contributed by atoms with Crippen molar-refractivity contribution in [3.05, 3.63) is 29.8 Å². The van der Waals surface area contributed by atoms with Gasteiger partial charge < -0.3 is 15.7 Å². The lowest BCUT2D eigenvalue weighted by Crippen LogP contribution is -2.41. The van der Waals surface area contributed by atoms with Crippen molar-refractivity contribution >= 4 is 17.5 Å². The third-order valence-corrected chi connectivity index (χ3v) is 3.45. The third kappa shape index (κ3) is 5.90. The number of hydrogen-bond acceptors (Lipinski definition) is 3. The van der Waals surface area contributed by atoms with Crippen molar-refractivity contribution in [2.45, 2.75) is 32.5 Å². The molecule has 0 saturated heterocycles. The second-order valence-corrected chi connectivity index (χ2v) is 5.19. The van der Waals surface area contributed by atoms with Crippen LogP contribution >= 0.6 is 0 Å². The van der Waals surface area contributed by atoms with E-state index in [4.69, 9.17) is 0 Å². The third-order valence-electron chi connectivity index (χ3n) is 3.45. The molecule has 3 N–H and O–H groups in total. The molecule has 128 valence electrons. The molecular weight excluding hydrogens is 313 g/mol. The van der Waals surface area contributed by atoms with Crippen LogP contribution in [-0.2, 0) is 15.8 Å². The zero-order chi connectivity index (χ0) is 17.6. The molecule has 0 fully saturated rings. The van der Waals surface area contributed by atoms with E-state index in [1.165, 1.54) is 0 Å². The number of anilines is 1. The number of halogens is 3. The van der Waals surface area contributed by atoms with Gasteiger partial charge in [0, 0.05) is 12.2 Å². The minimum atomic E-state index is -4.47. The van der Waals surface area contributed by atoms with Crippen molar-refractivity contribution in [3.8, 4) is 0 Å². The summed E-state index contributed by atoms with van der Waals surface area (Å²) in [6.07, 6.45) is -4.52. The Labute approximate surface area is 131 Å². The van der Waals surface area contributed by atoms with Gasteiger partial charge in [-0.3, -0.25) is 9.59 Å². The molecule has 0 saturated carbocycles. The second-order valence-electron chi connectivity index (χ2n) is 5.19. The van der Waals surface area contributed by atoms with Crippen molar-refractivity contribution in [1.29, 1.82) is 0 Å². The summed E-state index contributed by atoms with van der Waals surface area (Å²) in [7, 11) is 0. The van der Waals surface area contributed by atoms with Gasteiger partial charge in [0.1, 0.15) is 0 Å². The van der Waals surface area contributed by atoms with Gasteiger partial charge in [0.25, 0.3) is 0 Å². The molecule has 0 radical (unpaired) electrons. The Morgan fingerprint density at radius 3 is 2.22 bits per heavy atom. The Bertz CT molecular complexity index is 544. The minimum Gasteiger partial charge on any atom is -0.391 e. The van der Waals surface area contributed by atoms with E-state index in [2.05, 4.69) is 10.6 Å². The predicted octanol–water partition coefficient (Wildman–Crippen LogP) is 2.17. The molecule has 8 heteroatoms. The first-order chi connectivity index (χ1) is 10.6. The van der Waals surface area contributed by atoms with Crippen molar-refractivity contribution < 1.29 is 27.9 Å². The van der Waals surface area contributed by atoms with Crippen LogP contribution in [0.25, 0.3) is 0 Å². The number of aliphatic hydroxyl groups excluding tert-OH is 1. The number of rotatable bonds is 5. The Balaban J connectivity index is 2.54. The smallest absolute Gasteiger partial charge is 0.391 e. The van der Waals surface area contributed by atoms with Gasteiger partial charge in [-0.05, 0) is 30.2 Å². The van der Waals surface area contributed by atoms with Crippen molar-refractivity contribution in [1.82, 2.24) is 5.32 Å². The molecule has 0 aliphatic heterocycles. The zero-order valence-electron chi connectivity index (χ0n) is 12.8. The number of carbonyl (C=O) groups excluding carboxylic acids is 2. The number of alkyl halides is 3. The lowest BCUT2D eigenvalue weighted by molar-refractivity contribution is -0.137. The number of hydrogen-bond donors (Lipinski definition) is 3. The lowest BCUT2D eigenvalue weighted by atomic mass is 10.0. The molecule has 5 nitrogen and oxygen atoms in total. The summed E-state index contributed by atoms with van der Waals surface area (Å²) in [5.41, 5.74) is -0.780. The fourth-order valence-corrected chi connectivity index (χ4v) is 1.68. The average Bonchev–Trinajstić information content (AvgIpc) is 2.50. The number of amides is 2. The first kappa shape index (κ1) is 19.0. The van der Waals surface area contributed by atoms with E-state index < -0.39 is 29.7 Å². The van der Waals surface area contributed by atoms with E-state index in [1.54, 1.807) is 6.92 Å². The molecule has 2 amide bonds. The monoisotopic (exact) mass is 332 g/mol. The molecule has 0 spiro atoms. The lowest BCUT2D eigenvalue weighted by Gasteiger charge is -2.17. The van der Waals surface area contributed by atoms with Crippen LogP contribution in [0.3, 0.4) is 0 Å². The molecule has 2 atom stereocenters. The van der Waals surface area contributed by atoms with Gasteiger partial charge >= 0.3 is 18.0 Å². The summed E-state index contributed by atoms with van der Waals surface area (Å²) < 4.78 is 37.2. The van der Waals surface area contributed by atoms with Crippen molar-refractivity contribution in [2.24, 2.45) is 5.92 Å². The van der Waals surface area contributed by atoms with Crippen LogP contribution in [0.1, 0.15) is 25.8 Å². The summed E-state index contributed by atoms with van der Waals surface area (Å²) >= 11 is 0. The molecule has 0 aromatic heterocycles. The van der Waals surface area contributed by atoms with Crippen LogP contribution < -0.4 is 10.6 Å². The molecule has 23 heavy (non-hydrogen) atoms. The maximum Gasteiger partial charge on any atom is 0.416 e. The first-order valence-electron chi connectivity index (χ1n) is 7.09. The number of aliphatic hydroxyl groups is 1. The van der Waals surface area contributed by atoms with Crippen LogP contribution in [0, 0.1) is 5.92 Å². The average molecular weight is 332 g/mol. The van der Waals surface area contributed by atoms with Crippen molar-refractivity contribution in [3.63, 3.8) is 0 Å². The molecule has 0 aliphatic rings. The molecule has 0 heterocycles. The van der Waals surface area contributed by atoms with Gasteiger partial charge in [-0.1, -0.05) is 20.3 Å². The van der Waals surface area contributed by atoms with Crippen molar-refractivity contribution in [2.75, 3.05) is 11.9 Å². The fourth-order valence-electron chi connectivity index (χ4n) is 1.68. The maximum absolute atomic E-state index is 12.4. The van der Waals surface area contributed by atoms with Crippen LogP contribution in [0.4, 0.5) is 18.9 Å². The zero-order valence-corrected chi connectivity index (χ0v) is 12.8. The van der Waals surface area contributed by atoms with E-state index in [0.717, 1.165) is 30.7 Å². The highest BCUT2D eigenvalue weighted by atomic mass is 19.4. The van der Waals surface area contributed by atoms with Gasteiger partial charge in [0.15, 0.2) is 0 Å². The minimum absolute atomic E-state index is 0.0340. The standard InChI is InChI=1S/C15H19F3N2O3/c1-3-9(2)12(21)8-19-13(22)14(23)20-11-6-4-10(5-7-11)15(16,17)18/h4-7,9,12,21H,3,8H2,1-2H3,(H,19,22)(H,20,23). The molecule has 0 aliphatic carbocycles. The fraction of sp³-hybridized carbons (Fsp3) is 0.467. The predicted molar refractivity (Wildman–Crippen MR) is 78.5 cm³/mol. The Hall–Kier alpha value is -2.09. The van der Waals surface area contributed by atoms with Gasteiger partial charge in [-0.25, -0.2) is 0 Å². The summed E-state index contributed by atoms with van der Waals surface area (Å²) in [4.78, 5) is 23.2. The van der Waals surface area contributed by atoms with Gasteiger partial charge in [0.2, 0.25) is 0 Å². The highest BCUT2D eigenvalue weighted by Crippen LogP contribution is 2.29. The molecular formula is C15H19F3N2O3. The van der Waals surface area contributed by atoms with Gasteiger partial charge in [-0.15, -0.1) is 0 Å². The van der Waals surface area contributed by atoms with Crippen LogP contribution in [-0.4, -0.2) is 29.6 Å². The van der Waals surface area contributed by atoms with E-state index in [0.29, 0.717) is 0 Å². The number of nitrogens with one attached hydrogen (secondary N) is 2. The van der Waals surface area contributed by atoms with Gasteiger partial charge in [0.05, 0.1) is 11.7 Å². The Kier molecular flexibility index (Phi) is 6.56. The second kappa shape index (κ2) is 7.96. The quantitative estimate of drug-likeness (QED) is 0.723. The molecule has 2 unspecified atom stereocenters. The first-order valence-corrected chi connectivity index (χ1v) is 7.09. The highest BCUT2D eigenvalue weighted by molar-refractivity contribution is 6.39. The van der Waals surface area contributed by atoms with Crippen LogP contribution in [0.15, 0.2) is 24.3 Å². The molecule has 0 bridgehead atoms. The summed E-state index contributed by atoms with van der Waals surface area (Å²) in [5.74, 6) is -2.01. The maximum atomic E-state index is 12.4. The van der Waals surface area contributed by atoms with E-state index in [-0.39, 0.29) is 18.2 Å². The number of benzene rings is 1. The Morgan fingerprint density at radius 2 is 1.74 bits per heavy atom. The SMILES string of the molecule is CCC(C)C(O)CNC(=O)C(=O)Nc1ccc(C(F)(F)F)cc1. The van der Waals surface area contributed by atoms with Gasteiger partial charge in [-0.2, -0.15) is 13.2 Å². The molecule has 1 aromatic carbocycles.